The second-order valence-corrected chi connectivity index (χ2v) is 23.6. The van der Waals surface area contributed by atoms with Gasteiger partial charge in [0.15, 0.2) is 11.6 Å². The number of ether oxygens (including phenoxy) is 5. The number of carbonyl (C=O) groups excluding carboxylic acids is 2. The first-order valence-electron chi connectivity index (χ1n) is 26.2. The smallest absolute Gasteiger partial charge is 0.309 e. The van der Waals surface area contributed by atoms with Crippen molar-refractivity contribution < 1.29 is 53.4 Å². The maximum Gasteiger partial charge on any atom is 0.309 e. The highest BCUT2D eigenvalue weighted by Crippen LogP contribution is 2.61. The van der Waals surface area contributed by atoms with Crippen molar-refractivity contribution in [2.75, 3.05) is 0 Å². The number of aliphatic carboxylic acids is 1. The fourth-order valence-electron chi connectivity index (χ4n) is 15.4. The lowest BCUT2D eigenvalue weighted by atomic mass is 9.49. The van der Waals surface area contributed by atoms with Gasteiger partial charge in [-0.05, 0) is 146 Å². The van der Waals surface area contributed by atoms with Gasteiger partial charge < -0.3 is 44.3 Å². The van der Waals surface area contributed by atoms with Gasteiger partial charge in [0.2, 0.25) is 5.91 Å². The lowest BCUT2D eigenvalue weighted by Crippen LogP contribution is -2.67. The van der Waals surface area contributed by atoms with E-state index in [9.17, 15) is 29.7 Å². The van der Waals surface area contributed by atoms with Crippen LogP contribution in [0.15, 0.2) is 12.2 Å². The molecule has 2 spiro atoms. The SMILES string of the molecule is CCC(C(=O)[C@@H](C)[C@@H](O)[C@H](C)[C@@H]1O[C@@H]([C@@H](CC)C(=O)O)CC[C@@H]1C)[C@H]1O[C@]2(C=C[C@@H](NC(=O)C34CC5CC(CC(C5)C3)C4)[C@]3(CC[C@@](C)([C@H]4CC[C@](O)(CC)[C@H](C)O4)O3)O2)[C@H](C)C[C@@H]1C. The third kappa shape index (κ3) is 8.85. The van der Waals surface area contributed by atoms with Crippen molar-refractivity contribution in [3.8, 4) is 0 Å². The van der Waals surface area contributed by atoms with Gasteiger partial charge in [-0.3, -0.25) is 14.4 Å². The maximum atomic E-state index is 14.8. The summed E-state index contributed by atoms with van der Waals surface area (Å²) in [5.74, 6) is -3.79. The summed E-state index contributed by atoms with van der Waals surface area (Å²) in [7, 11) is 0. The van der Waals surface area contributed by atoms with Gasteiger partial charge in [-0.2, -0.15) is 0 Å². The molecule has 0 aromatic carbocycles. The normalized spacial score (nSPS) is 48.2. The Morgan fingerprint density at radius 1 is 0.800 bits per heavy atom. The number of hydrogen-bond acceptors (Lipinski definition) is 10. The summed E-state index contributed by atoms with van der Waals surface area (Å²) in [6, 6.07) is -0.579. The summed E-state index contributed by atoms with van der Waals surface area (Å²) < 4.78 is 35.2. The molecule has 12 nitrogen and oxygen atoms in total. The van der Waals surface area contributed by atoms with Crippen LogP contribution in [0.2, 0.25) is 0 Å². The molecule has 0 aromatic heterocycles. The molecule has 5 aliphatic heterocycles. The van der Waals surface area contributed by atoms with Gasteiger partial charge in [0, 0.05) is 35.5 Å². The fraction of sp³-hybridized carbons (Fsp3) is 0.906. The Labute approximate surface area is 389 Å². The third-order valence-corrected chi connectivity index (χ3v) is 19.3. The lowest BCUT2D eigenvalue weighted by molar-refractivity contribution is -0.398. The monoisotopic (exact) mass is 912 g/mol. The Kier molecular flexibility index (Phi) is 14.0. The van der Waals surface area contributed by atoms with Crippen molar-refractivity contribution in [1.29, 1.82) is 0 Å². The van der Waals surface area contributed by atoms with Crippen molar-refractivity contribution in [2.24, 2.45) is 64.6 Å². The highest BCUT2D eigenvalue weighted by atomic mass is 16.8. The minimum absolute atomic E-state index is 0.00130. The van der Waals surface area contributed by atoms with Crippen LogP contribution in [0.3, 0.4) is 0 Å². The third-order valence-electron chi connectivity index (χ3n) is 19.3. The van der Waals surface area contributed by atoms with Crippen LogP contribution >= 0.6 is 0 Å². The number of Topliss-reactive ketones (excluding diaryl/α,β-unsaturated/α-hetero) is 1. The van der Waals surface area contributed by atoms with Crippen LogP contribution in [0, 0.1) is 64.6 Å². The zero-order valence-electron chi connectivity index (χ0n) is 41.4. The molecule has 9 rings (SSSR count). The van der Waals surface area contributed by atoms with Crippen LogP contribution in [-0.4, -0.2) is 98.4 Å². The Morgan fingerprint density at radius 3 is 2.03 bits per heavy atom. The first-order chi connectivity index (χ1) is 30.6. The number of carboxylic acids is 1. The van der Waals surface area contributed by atoms with Crippen LogP contribution in [0.4, 0.5) is 0 Å². The van der Waals surface area contributed by atoms with E-state index in [4.69, 9.17) is 23.7 Å². The maximum absolute atomic E-state index is 14.8. The Bertz CT molecular complexity index is 1750. The van der Waals surface area contributed by atoms with Crippen LogP contribution in [0.25, 0.3) is 0 Å². The van der Waals surface area contributed by atoms with E-state index in [1.54, 1.807) is 6.92 Å². The van der Waals surface area contributed by atoms with Crippen molar-refractivity contribution in [3.05, 3.63) is 12.2 Å². The molecule has 368 valence electrons. The predicted octanol–water partition coefficient (Wildman–Crippen LogP) is 8.53. The van der Waals surface area contributed by atoms with Gasteiger partial charge in [0.25, 0.3) is 0 Å². The minimum Gasteiger partial charge on any atom is -0.481 e. The fourth-order valence-corrected chi connectivity index (χ4v) is 15.4. The molecule has 4 bridgehead atoms. The van der Waals surface area contributed by atoms with Crippen molar-refractivity contribution >= 4 is 17.7 Å². The van der Waals surface area contributed by atoms with E-state index in [1.807, 2.05) is 40.7 Å². The number of amides is 1. The van der Waals surface area contributed by atoms with Crippen LogP contribution in [-0.2, 0) is 38.1 Å². The number of rotatable bonds is 14. The first-order valence-corrected chi connectivity index (χ1v) is 26.2. The first kappa shape index (κ1) is 49.5. The van der Waals surface area contributed by atoms with Crippen molar-refractivity contribution in [3.63, 3.8) is 0 Å². The highest BCUT2D eigenvalue weighted by molar-refractivity contribution is 5.84. The largest absolute Gasteiger partial charge is 0.481 e. The molecule has 65 heavy (non-hydrogen) atoms. The summed E-state index contributed by atoms with van der Waals surface area (Å²) in [5.41, 5.74) is -2.03. The van der Waals surface area contributed by atoms with Gasteiger partial charge in [0.1, 0.15) is 11.8 Å². The topological polar surface area (TPSA) is 170 Å². The average molecular weight is 912 g/mol. The van der Waals surface area contributed by atoms with E-state index in [-0.39, 0.29) is 53.2 Å². The summed E-state index contributed by atoms with van der Waals surface area (Å²) in [5, 5.41) is 36.7. The number of hydrogen-bond donors (Lipinski definition) is 4. The molecule has 8 fully saturated rings. The zero-order chi connectivity index (χ0) is 47.0. The zero-order valence-corrected chi connectivity index (χ0v) is 41.4. The molecule has 1 amide bonds. The van der Waals surface area contributed by atoms with Crippen molar-refractivity contribution in [1.82, 2.24) is 5.32 Å². The molecule has 5 heterocycles. The second kappa shape index (κ2) is 18.4. The predicted molar refractivity (Wildman–Crippen MR) is 245 cm³/mol. The molecule has 4 saturated heterocycles. The molecular weight excluding hydrogens is 827 g/mol. The molecule has 4 aliphatic carbocycles. The number of ketones is 1. The highest BCUT2D eigenvalue weighted by Gasteiger charge is 2.65. The Hall–Kier alpha value is -1.93. The molecular formula is C53H85NO11. The molecule has 4 N–H and O–H groups in total. The van der Waals surface area contributed by atoms with Crippen LogP contribution in [0.1, 0.15) is 172 Å². The number of carbonyl (C=O) groups is 3. The van der Waals surface area contributed by atoms with Gasteiger partial charge in [-0.25, -0.2) is 0 Å². The standard InChI is InChI=1S/C53H85NO11/c1-11-38(47(57)58)40-15-14-29(4)45(62-40)33(8)43(55)32(7)44(56)39(12-2)46-30(5)22-31(6)52(63-46)19-16-41(54-48(59)50-26-35-23-36(27-50)25-37(24-35)28-50)53(65-52)21-20-49(10,64-53)42-17-18-51(60,13-3)34(9)61-42/h16,19,29-43,45-46,55,60H,11-15,17-18,20-28H2,1-10H3,(H,54,59)(H,57,58)/t29-,30-,31+,32-,33-,34-,35?,36?,37?,38+,39?,40+,41+,42+,43+,45+,46-,49-,50?,51+,52-,53-/m0/s1. The van der Waals surface area contributed by atoms with Crippen molar-refractivity contribution in [2.45, 2.75) is 237 Å². The van der Waals surface area contributed by atoms with E-state index in [0.29, 0.717) is 69.1 Å². The van der Waals surface area contributed by atoms with Crippen LogP contribution < -0.4 is 5.32 Å². The van der Waals surface area contributed by atoms with E-state index in [0.717, 1.165) is 32.1 Å². The summed E-state index contributed by atoms with van der Waals surface area (Å²) >= 11 is 0. The lowest BCUT2D eigenvalue weighted by Gasteiger charge is -2.57. The molecule has 0 aromatic rings. The van der Waals surface area contributed by atoms with Gasteiger partial charge in [0.05, 0.1) is 53.7 Å². The number of carboxylic acid groups (broad SMARTS) is 1. The molecule has 18 atom stereocenters. The average Bonchev–Trinajstić information content (AvgIpc) is 3.60. The van der Waals surface area contributed by atoms with E-state index < -0.39 is 76.8 Å². The number of nitrogens with one attached hydrogen (secondary N) is 1. The molecule has 4 saturated carbocycles. The molecule has 0 radical (unpaired) electrons. The Balaban J connectivity index is 1.04. The minimum atomic E-state index is -1.28. The van der Waals surface area contributed by atoms with E-state index in [2.05, 4.69) is 39.1 Å². The van der Waals surface area contributed by atoms with E-state index in [1.165, 1.54) is 19.3 Å². The number of aliphatic hydroxyl groups is 2. The quantitative estimate of drug-likeness (QED) is 0.123. The summed E-state index contributed by atoms with van der Waals surface area (Å²) in [6.45, 7) is 20.0. The summed E-state index contributed by atoms with van der Waals surface area (Å²) in [6.07, 6.45) is 13.7. The molecule has 9 aliphatic rings. The molecule has 12 heteroatoms. The Morgan fingerprint density at radius 2 is 1.45 bits per heavy atom. The van der Waals surface area contributed by atoms with E-state index >= 15 is 0 Å². The number of aliphatic hydroxyl groups excluding tert-OH is 1. The summed E-state index contributed by atoms with van der Waals surface area (Å²) in [4.78, 5) is 41.7. The van der Waals surface area contributed by atoms with Crippen LogP contribution in [0.5, 0.6) is 0 Å². The van der Waals surface area contributed by atoms with Gasteiger partial charge in [-0.1, -0.05) is 61.5 Å². The van der Waals surface area contributed by atoms with Gasteiger partial charge in [-0.15, -0.1) is 0 Å². The van der Waals surface area contributed by atoms with Gasteiger partial charge >= 0.3 is 5.97 Å². The second-order valence-electron chi connectivity index (χ2n) is 23.6. The molecule has 1 unspecified atom stereocenters.